The van der Waals surface area contributed by atoms with Crippen molar-refractivity contribution in [3.05, 3.63) is 35.9 Å². The van der Waals surface area contributed by atoms with E-state index in [9.17, 15) is 14.4 Å². The minimum Gasteiger partial charge on any atom is -0.460 e. The van der Waals surface area contributed by atoms with Crippen LogP contribution in [-0.2, 0) is 25.5 Å². The van der Waals surface area contributed by atoms with Gasteiger partial charge in [-0.1, -0.05) is 56.0 Å². The SMILES string of the molecule is CC(C)(C)OC(=O)CC(CC1CCCC1)C(=O)N1C(=O)OCC1Cc1ccccc1. The molecule has 6 nitrogen and oxygen atoms in total. The molecule has 1 saturated carbocycles. The molecule has 0 spiro atoms. The second kappa shape index (κ2) is 9.63. The fourth-order valence-corrected chi connectivity index (χ4v) is 4.47. The minimum absolute atomic E-state index is 0.00552. The Kier molecular flexibility index (Phi) is 7.16. The lowest BCUT2D eigenvalue weighted by Gasteiger charge is -2.27. The summed E-state index contributed by atoms with van der Waals surface area (Å²) in [6.07, 6.45) is 4.98. The second-order valence-electron chi connectivity index (χ2n) is 9.50. The van der Waals surface area contributed by atoms with Gasteiger partial charge in [0.25, 0.3) is 0 Å². The van der Waals surface area contributed by atoms with Crippen molar-refractivity contribution in [3.8, 4) is 0 Å². The topological polar surface area (TPSA) is 72.9 Å². The highest BCUT2D eigenvalue weighted by atomic mass is 16.6. The largest absolute Gasteiger partial charge is 0.460 e. The van der Waals surface area contributed by atoms with E-state index in [1.807, 2.05) is 51.1 Å². The fourth-order valence-electron chi connectivity index (χ4n) is 4.47. The van der Waals surface area contributed by atoms with Crippen molar-refractivity contribution in [1.29, 1.82) is 0 Å². The van der Waals surface area contributed by atoms with E-state index >= 15 is 0 Å². The van der Waals surface area contributed by atoms with Gasteiger partial charge in [-0.3, -0.25) is 9.59 Å². The molecule has 1 aromatic carbocycles. The summed E-state index contributed by atoms with van der Waals surface area (Å²) in [6.45, 7) is 5.62. The standard InChI is InChI=1S/C24H33NO5/c1-24(2,3)30-21(26)15-19(13-17-11-7-8-12-17)22(27)25-20(16-29-23(25)28)14-18-9-5-4-6-10-18/h4-6,9-10,17,19-20H,7-8,11-16H2,1-3H3. The number of nitrogens with zero attached hydrogens (tertiary/aromatic N) is 1. The van der Waals surface area contributed by atoms with Gasteiger partial charge in [0, 0.05) is 5.92 Å². The molecule has 2 unspecified atom stereocenters. The van der Waals surface area contributed by atoms with Crippen LogP contribution in [0, 0.1) is 11.8 Å². The molecule has 2 fully saturated rings. The molecule has 2 amide bonds. The number of carbonyl (C=O) groups is 3. The third kappa shape index (κ3) is 6.07. The predicted molar refractivity (Wildman–Crippen MR) is 113 cm³/mol. The van der Waals surface area contributed by atoms with Crippen LogP contribution >= 0.6 is 0 Å². The molecular formula is C24H33NO5. The summed E-state index contributed by atoms with van der Waals surface area (Å²) >= 11 is 0. The van der Waals surface area contributed by atoms with Crippen LogP contribution in [0.25, 0.3) is 0 Å². The number of cyclic esters (lactones) is 1. The fraction of sp³-hybridized carbons (Fsp3) is 0.625. The number of hydrogen-bond donors (Lipinski definition) is 0. The van der Waals surface area contributed by atoms with Crippen molar-refractivity contribution in [1.82, 2.24) is 4.90 Å². The number of carbonyl (C=O) groups excluding carboxylic acids is 3. The quantitative estimate of drug-likeness (QED) is 0.613. The van der Waals surface area contributed by atoms with E-state index < -0.39 is 23.6 Å². The van der Waals surface area contributed by atoms with E-state index in [0.717, 1.165) is 31.2 Å². The third-order valence-electron chi connectivity index (χ3n) is 5.79. The summed E-state index contributed by atoms with van der Waals surface area (Å²) in [5.41, 5.74) is 0.429. The van der Waals surface area contributed by atoms with Crippen molar-refractivity contribution in [2.45, 2.75) is 77.4 Å². The monoisotopic (exact) mass is 415 g/mol. The molecule has 2 atom stereocenters. The van der Waals surface area contributed by atoms with Gasteiger partial charge in [0.05, 0.1) is 12.5 Å². The number of amides is 2. The Morgan fingerprint density at radius 2 is 1.83 bits per heavy atom. The third-order valence-corrected chi connectivity index (χ3v) is 5.79. The smallest absolute Gasteiger partial charge is 0.416 e. The summed E-state index contributed by atoms with van der Waals surface area (Å²) in [6, 6.07) is 9.40. The highest BCUT2D eigenvalue weighted by molar-refractivity contribution is 5.96. The van der Waals surface area contributed by atoms with Crippen molar-refractivity contribution in [3.63, 3.8) is 0 Å². The van der Waals surface area contributed by atoms with E-state index in [4.69, 9.17) is 9.47 Å². The summed E-state index contributed by atoms with van der Waals surface area (Å²) in [7, 11) is 0. The van der Waals surface area contributed by atoms with E-state index in [1.165, 1.54) is 4.90 Å². The number of ether oxygens (including phenoxy) is 2. The highest BCUT2D eigenvalue weighted by Gasteiger charge is 2.42. The van der Waals surface area contributed by atoms with Crippen LogP contribution in [0.4, 0.5) is 4.79 Å². The van der Waals surface area contributed by atoms with Gasteiger partial charge in [-0.05, 0) is 45.1 Å². The zero-order chi connectivity index (χ0) is 21.7. The molecule has 3 rings (SSSR count). The van der Waals surface area contributed by atoms with Gasteiger partial charge in [-0.15, -0.1) is 0 Å². The van der Waals surface area contributed by atoms with E-state index in [1.54, 1.807) is 0 Å². The average Bonchev–Trinajstić information content (AvgIpc) is 3.30. The van der Waals surface area contributed by atoms with Crippen LogP contribution in [0.15, 0.2) is 30.3 Å². The van der Waals surface area contributed by atoms with Crippen LogP contribution in [0.3, 0.4) is 0 Å². The first kappa shape index (κ1) is 22.3. The molecule has 164 valence electrons. The molecule has 2 aliphatic rings. The molecule has 1 heterocycles. The molecule has 0 N–H and O–H groups in total. The summed E-state index contributed by atoms with van der Waals surface area (Å²) < 4.78 is 10.7. The number of rotatable bonds is 7. The Labute approximate surface area is 178 Å². The van der Waals surface area contributed by atoms with Gasteiger partial charge >= 0.3 is 12.1 Å². The minimum atomic E-state index is -0.611. The van der Waals surface area contributed by atoms with Gasteiger partial charge < -0.3 is 9.47 Å². The Morgan fingerprint density at radius 1 is 1.17 bits per heavy atom. The molecule has 1 saturated heterocycles. The van der Waals surface area contributed by atoms with Crippen LogP contribution in [-0.4, -0.2) is 41.1 Å². The lowest BCUT2D eigenvalue weighted by molar-refractivity contribution is -0.158. The molecule has 1 aliphatic heterocycles. The number of esters is 1. The van der Waals surface area contributed by atoms with E-state index in [-0.39, 0.29) is 25.0 Å². The molecule has 6 heteroatoms. The molecule has 1 aromatic rings. The van der Waals surface area contributed by atoms with Crippen molar-refractivity contribution >= 4 is 18.0 Å². The van der Waals surface area contributed by atoms with Gasteiger partial charge in [-0.2, -0.15) is 0 Å². The number of imide groups is 1. The summed E-state index contributed by atoms with van der Waals surface area (Å²) in [5.74, 6) is -0.860. The molecule has 0 bridgehead atoms. The Bertz CT molecular complexity index is 749. The number of benzene rings is 1. The van der Waals surface area contributed by atoms with Crippen LogP contribution < -0.4 is 0 Å². The summed E-state index contributed by atoms with van der Waals surface area (Å²) in [4.78, 5) is 39.7. The average molecular weight is 416 g/mol. The van der Waals surface area contributed by atoms with E-state index in [0.29, 0.717) is 18.8 Å². The second-order valence-corrected chi connectivity index (χ2v) is 9.50. The lowest BCUT2D eigenvalue weighted by atomic mass is 9.89. The normalized spacial score (nSPS) is 20.8. The maximum absolute atomic E-state index is 13.5. The van der Waals surface area contributed by atoms with Gasteiger partial charge in [-0.25, -0.2) is 9.69 Å². The Morgan fingerprint density at radius 3 is 2.47 bits per heavy atom. The van der Waals surface area contributed by atoms with Crippen LogP contribution in [0.5, 0.6) is 0 Å². The first-order valence-electron chi connectivity index (χ1n) is 11.0. The molecule has 30 heavy (non-hydrogen) atoms. The molecule has 0 aromatic heterocycles. The van der Waals surface area contributed by atoms with Crippen molar-refractivity contribution in [2.24, 2.45) is 11.8 Å². The maximum Gasteiger partial charge on any atom is 0.416 e. The van der Waals surface area contributed by atoms with Crippen LogP contribution in [0.2, 0.25) is 0 Å². The van der Waals surface area contributed by atoms with Crippen molar-refractivity contribution < 1.29 is 23.9 Å². The molecule has 0 radical (unpaired) electrons. The van der Waals surface area contributed by atoms with Crippen molar-refractivity contribution in [2.75, 3.05) is 6.61 Å². The van der Waals surface area contributed by atoms with Gasteiger partial charge in [0.1, 0.15) is 12.2 Å². The Balaban J connectivity index is 1.74. The van der Waals surface area contributed by atoms with Crippen LogP contribution in [0.1, 0.15) is 64.9 Å². The highest BCUT2D eigenvalue weighted by Crippen LogP contribution is 2.33. The van der Waals surface area contributed by atoms with E-state index in [2.05, 4.69) is 0 Å². The first-order valence-corrected chi connectivity index (χ1v) is 11.0. The zero-order valence-corrected chi connectivity index (χ0v) is 18.3. The Hall–Kier alpha value is -2.37. The number of hydrogen-bond acceptors (Lipinski definition) is 5. The summed E-state index contributed by atoms with van der Waals surface area (Å²) in [5, 5.41) is 0. The molecular weight excluding hydrogens is 382 g/mol. The lowest BCUT2D eigenvalue weighted by Crippen LogP contribution is -2.44. The first-order chi connectivity index (χ1) is 14.2. The molecule has 1 aliphatic carbocycles. The zero-order valence-electron chi connectivity index (χ0n) is 18.3. The van der Waals surface area contributed by atoms with Gasteiger partial charge in [0.2, 0.25) is 5.91 Å². The van der Waals surface area contributed by atoms with Gasteiger partial charge in [0.15, 0.2) is 0 Å². The maximum atomic E-state index is 13.5. The predicted octanol–water partition coefficient (Wildman–Crippen LogP) is 4.50.